The number of piperidine rings is 2. The molecule has 4 heterocycles. The third-order valence-electron chi connectivity index (χ3n) is 7.19. The van der Waals surface area contributed by atoms with Crippen molar-refractivity contribution in [2.75, 3.05) is 0 Å². The first-order chi connectivity index (χ1) is 13.6. The molecular weight excluding hydrogens is 354 g/mol. The van der Waals surface area contributed by atoms with Gasteiger partial charge in [0.05, 0.1) is 12.1 Å². The number of hydrogen-bond donors (Lipinski definition) is 1. The first kappa shape index (κ1) is 17.6. The van der Waals surface area contributed by atoms with E-state index in [1.165, 1.54) is 0 Å². The Morgan fingerprint density at radius 1 is 1.14 bits per heavy atom. The average Bonchev–Trinajstić information content (AvgIpc) is 3.32. The summed E-state index contributed by atoms with van der Waals surface area (Å²) in [6.07, 6.45) is 6.86. The lowest BCUT2D eigenvalue weighted by Crippen LogP contribution is -2.55. The molecule has 7 nitrogen and oxygen atoms in total. The second kappa shape index (κ2) is 6.56. The second-order valence-electron chi connectivity index (χ2n) is 8.76. The lowest BCUT2D eigenvalue weighted by atomic mass is 9.84. The van der Waals surface area contributed by atoms with Crippen LogP contribution in [0, 0.1) is 23.2 Å². The molecule has 7 heteroatoms. The number of pyridine rings is 1. The van der Waals surface area contributed by atoms with Gasteiger partial charge >= 0.3 is 0 Å². The number of hydrogen-bond acceptors (Lipinski definition) is 5. The molecule has 0 spiro atoms. The van der Waals surface area contributed by atoms with Gasteiger partial charge in [-0.05, 0) is 62.5 Å². The lowest BCUT2D eigenvalue weighted by molar-refractivity contribution is -0.135. The number of nitriles is 1. The third-order valence-corrected chi connectivity index (χ3v) is 7.19. The minimum atomic E-state index is -0.578. The average molecular weight is 379 g/mol. The standard InChI is InChI=1S/C21H25N5O2/c22-11-16-7-12-10-18(12)26(16)21(28)19(23)13-8-14-4-5-15(9-13)25(14)20(27)17-3-1-2-6-24-17/h1-3,6,12-16,18-19H,4-5,7-10,23H2/t12?,13?,14-,15?,16?,18?,19-/m0/s1. The Labute approximate surface area is 164 Å². The SMILES string of the molecule is N#CC1CC2CC2N1C(=O)[C@@H](N)C1CC2CC[C@@H](C1)N2C(=O)c1ccccn1. The second-order valence-corrected chi connectivity index (χ2v) is 8.76. The number of aromatic nitrogens is 1. The molecule has 0 aromatic carbocycles. The molecule has 3 aliphatic heterocycles. The largest absolute Gasteiger partial charge is 0.331 e. The Bertz CT molecular complexity index is 823. The van der Waals surface area contributed by atoms with E-state index in [1.807, 2.05) is 11.0 Å². The van der Waals surface area contributed by atoms with Gasteiger partial charge in [-0.2, -0.15) is 5.26 Å². The van der Waals surface area contributed by atoms with E-state index < -0.39 is 6.04 Å². The molecule has 1 saturated carbocycles. The topological polar surface area (TPSA) is 103 Å². The maximum Gasteiger partial charge on any atom is 0.272 e. The Morgan fingerprint density at radius 2 is 1.89 bits per heavy atom. The van der Waals surface area contributed by atoms with E-state index in [0.717, 1.165) is 38.5 Å². The molecule has 146 valence electrons. The fourth-order valence-electron chi connectivity index (χ4n) is 5.73. The van der Waals surface area contributed by atoms with Crippen LogP contribution in [0.2, 0.25) is 0 Å². The van der Waals surface area contributed by atoms with Gasteiger partial charge in [-0.15, -0.1) is 0 Å². The van der Waals surface area contributed by atoms with Crippen LogP contribution in [-0.2, 0) is 4.79 Å². The number of carbonyl (C=O) groups excluding carboxylic acids is 2. The Balaban J connectivity index is 1.29. The Morgan fingerprint density at radius 3 is 2.54 bits per heavy atom. The van der Waals surface area contributed by atoms with Crippen LogP contribution in [0.5, 0.6) is 0 Å². The van der Waals surface area contributed by atoms with E-state index in [0.29, 0.717) is 11.6 Å². The van der Waals surface area contributed by atoms with E-state index in [1.54, 1.807) is 23.2 Å². The molecule has 4 fully saturated rings. The minimum Gasteiger partial charge on any atom is -0.331 e. The van der Waals surface area contributed by atoms with Gasteiger partial charge < -0.3 is 15.5 Å². The summed E-state index contributed by atoms with van der Waals surface area (Å²) in [5.74, 6) is 0.478. The molecule has 28 heavy (non-hydrogen) atoms. The third kappa shape index (κ3) is 2.70. The van der Waals surface area contributed by atoms with Gasteiger partial charge in [0, 0.05) is 24.3 Å². The lowest BCUT2D eigenvalue weighted by Gasteiger charge is -2.41. The maximum atomic E-state index is 13.1. The van der Waals surface area contributed by atoms with E-state index in [9.17, 15) is 14.9 Å². The number of nitrogens with zero attached hydrogens (tertiary/aromatic N) is 4. The molecule has 2 N–H and O–H groups in total. The smallest absolute Gasteiger partial charge is 0.272 e. The van der Waals surface area contributed by atoms with Crippen molar-refractivity contribution in [2.45, 2.75) is 68.7 Å². The fourth-order valence-corrected chi connectivity index (χ4v) is 5.73. The summed E-state index contributed by atoms with van der Waals surface area (Å²) in [5.41, 5.74) is 6.92. The summed E-state index contributed by atoms with van der Waals surface area (Å²) in [6, 6.07) is 7.24. The molecule has 2 amide bonds. The first-order valence-corrected chi connectivity index (χ1v) is 10.3. The minimum absolute atomic E-state index is 0.0173. The predicted octanol–water partition coefficient (Wildman–Crippen LogP) is 1.31. The zero-order valence-electron chi connectivity index (χ0n) is 15.8. The molecule has 5 rings (SSSR count). The van der Waals surface area contributed by atoms with E-state index in [4.69, 9.17) is 5.73 Å². The molecule has 5 unspecified atom stereocenters. The van der Waals surface area contributed by atoms with Crippen molar-refractivity contribution in [1.82, 2.24) is 14.8 Å². The van der Waals surface area contributed by atoms with E-state index in [-0.39, 0.29) is 41.9 Å². The van der Waals surface area contributed by atoms with Crippen molar-refractivity contribution in [3.63, 3.8) is 0 Å². The van der Waals surface area contributed by atoms with E-state index in [2.05, 4.69) is 11.1 Å². The van der Waals surface area contributed by atoms with E-state index >= 15 is 0 Å². The molecule has 1 aromatic rings. The fraction of sp³-hybridized carbons (Fsp3) is 0.619. The van der Waals surface area contributed by atoms with Gasteiger partial charge in [0.25, 0.3) is 5.91 Å². The van der Waals surface area contributed by atoms with Crippen LogP contribution in [0.15, 0.2) is 24.4 Å². The first-order valence-electron chi connectivity index (χ1n) is 10.3. The monoisotopic (exact) mass is 379 g/mol. The highest BCUT2D eigenvalue weighted by molar-refractivity contribution is 5.93. The molecule has 2 bridgehead atoms. The number of amides is 2. The van der Waals surface area contributed by atoms with Crippen molar-refractivity contribution >= 4 is 11.8 Å². The number of nitrogens with two attached hydrogens (primary N) is 1. The van der Waals surface area contributed by atoms with Crippen LogP contribution in [0.3, 0.4) is 0 Å². The normalized spacial score (nSPS) is 36.6. The summed E-state index contributed by atoms with van der Waals surface area (Å²) in [6.45, 7) is 0. The summed E-state index contributed by atoms with van der Waals surface area (Å²) in [4.78, 5) is 34.0. The Kier molecular flexibility index (Phi) is 4.13. The molecule has 3 saturated heterocycles. The van der Waals surface area contributed by atoms with Crippen molar-refractivity contribution in [2.24, 2.45) is 17.6 Å². The van der Waals surface area contributed by atoms with Gasteiger partial charge in [-0.1, -0.05) is 6.07 Å². The summed E-state index contributed by atoms with van der Waals surface area (Å²) < 4.78 is 0. The van der Waals surface area contributed by atoms with Gasteiger partial charge in [-0.25, -0.2) is 0 Å². The quantitative estimate of drug-likeness (QED) is 0.853. The van der Waals surface area contributed by atoms with Crippen molar-refractivity contribution in [1.29, 1.82) is 5.26 Å². The van der Waals surface area contributed by atoms with Crippen molar-refractivity contribution in [3.05, 3.63) is 30.1 Å². The zero-order valence-corrected chi connectivity index (χ0v) is 15.8. The summed E-state index contributed by atoms with van der Waals surface area (Å²) >= 11 is 0. The molecular formula is C21H25N5O2. The van der Waals surface area contributed by atoms with Crippen LogP contribution in [-0.4, -0.2) is 56.8 Å². The zero-order chi connectivity index (χ0) is 19.4. The van der Waals surface area contributed by atoms with Gasteiger partial charge in [0.15, 0.2) is 0 Å². The predicted molar refractivity (Wildman–Crippen MR) is 101 cm³/mol. The summed E-state index contributed by atoms with van der Waals surface area (Å²) in [7, 11) is 0. The van der Waals surface area contributed by atoms with Crippen LogP contribution >= 0.6 is 0 Å². The number of rotatable bonds is 3. The van der Waals surface area contributed by atoms with Gasteiger partial charge in [-0.3, -0.25) is 14.6 Å². The number of likely N-dealkylation sites (tertiary alicyclic amines) is 1. The summed E-state index contributed by atoms with van der Waals surface area (Å²) in [5, 5.41) is 9.38. The van der Waals surface area contributed by atoms with Crippen LogP contribution < -0.4 is 5.73 Å². The van der Waals surface area contributed by atoms with Crippen LogP contribution in [0.25, 0.3) is 0 Å². The number of fused-ring (bicyclic) bond motifs is 3. The van der Waals surface area contributed by atoms with Crippen LogP contribution in [0.1, 0.15) is 49.0 Å². The molecule has 0 radical (unpaired) electrons. The highest BCUT2D eigenvalue weighted by Gasteiger charge is 2.56. The molecule has 1 aliphatic carbocycles. The highest BCUT2D eigenvalue weighted by atomic mass is 16.2. The molecule has 7 atom stereocenters. The molecule has 4 aliphatic rings. The maximum absolute atomic E-state index is 13.1. The number of carbonyl (C=O) groups is 2. The van der Waals surface area contributed by atoms with Crippen molar-refractivity contribution in [3.8, 4) is 6.07 Å². The van der Waals surface area contributed by atoms with Gasteiger partial charge in [0.1, 0.15) is 11.7 Å². The van der Waals surface area contributed by atoms with Crippen LogP contribution in [0.4, 0.5) is 0 Å². The Hall–Kier alpha value is -2.46. The molecule has 1 aromatic heterocycles. The highest BCUT2D eigenvalue weighted by Crippen LogP contribution is 2.48. The van der Waals surface area contributed by atoms with Crippen molar-refractivity contribution < 1.29 is 9.59 Å². The van der Waals surface area contributed by atoms with Gasteiger partial charge in [0.2, 0.25) is 5.91 Å².